The van der Waals surface area contributed by atoms with Crippen LogP contribution in [0.4, 0.5) is 0 Å². The molecule has 3 nitrogen and oxygen atoms in total. The van der Waals surface area contributed by atoms with Gasteiger partial charge in [0.25, 0.3) is 0 Å². The Morgan fingerprint density at radius 3 is 2.75 bits per heavy atom. The van der Waals surface area contributed by atoms with Crippen molar-refractivity contribution < 1.29 is 4.79 Å². The average molecular weight is 212 g/mol. The second-order valence-electron chi connectivity index (χ2n) is 4.04. The van der Waals surface area contributed by atoms with Crippen LogP contribution >= 0.6 is 0 Å². The normalized spacial score (nSPS) is 14.9. The van der Waals surface area contributed by atoms with Crippen molar-refractivity contribution in [1.82, 2.24) is 9.78 Å². The number of Topliss-reactive ketones (excluding diaryl/α,β-unsaturated/α-hetero) is 1. The summed E-state index contributed by atoms with van der Waals surface area (Å²) in [6.45, 7) is 0. The Balaban J connectivity index is 2.16. The van der Waals surface area contributed by atoms with E-state index in [0.717, 1.165) is 29.8 Å². The molecule has 0 unspecified atom stereocenters. The van der Waals surface area contributed by atoms with Gasteiger partial charge in [-0.25, -0.2) is 4.68 Å². The number of rotatable bonds is 1. The third-order valence-corrected chi connectivity index (χ3v) is 2.96. The van der Waals surface area contributed by atoms with Crippen molar-refractivity contribution in [3.63, 3.8) is 0 Å². The third kappa shape index (κ3) is 1.36. The predicted octanol–water partition coefficient (Wildman–Crippen LogP) is 2.39. The molecule has 0 atom stereocenters. The lowest BCUT2D eigenvalue weighted by molar-refractivity contribution is 0.0965. The van der Waals surface area contributed by atoms with Crippen molar-refractivity contribution in [2.75, 3.05) is 0 Å². The molecule has 0 N–H and O–H groups in total. The van der Waals surface area contributed by atoms with E-state index in [0.29, 0.717) is 6.42 Å². The van der Waals surface area contributed by atoms with Gasteiger partial charge in [-0.3, -0.25) is 4.79 Å². The smallest absolute Gasteiger partial charge is 0.181 e. The molecule has 2 aromatic rings. The average Bonchev–Trinajstić information content (AvgIpc) is 2.75. The Bertz CT molecular complexity index is 528. The van der Waals surface area contributed by atoms with E-state index in [9.17, 15) is 4.79 Å². The van der Waals surface area contributed by atoms with Gasteiger partial charge in [0.05, 0.1) is 11.9 Å². The highest BCUT2D eigenvalue weighted by atomic mass is 16.1. The third-order valence-electron chi connectivity index (χ3n) is 2.96. The molecular formula is C13H12N2O. The molecule has 16 heavy (non-hydrogen) atoms. The predicted molar refractivity (Wildman–Crippen MR) is 60.8 cm³/mol. The maximum Gasteiger partial charge on any atom is 0.181 e. The van der Waals surface area contributed by atoms with E-state index in [1.165, 1.54) is 0 Å². The lowest BCUT2D eigenvalue weighted by Gasteiger charge is -2.12. The first-order valence-corrected chi connectivity index (χ1v) is 5.52. The summed E-state index contributed by atoms with van der Waals surface area (Å²) >= 11 is 0. The molecular weight excluding hydrogens is 200 g/mol. The zero-order valence-electron chi connectivity index (χ0n) is 8.89. The molecule has 0 fully saturated rings. The van der Waals surface area contributed by atoms with E-state index < -0.39 is 0 Å². The fourth-order valence-corrected chi connectivity index (χ4v) is 2.19. The number of carbonyl (C=O) groups is 1. The molecule has 3 rings (SSSR count). The molecule has 0 aliphatic heterocycles. The Morgan fingerprint density at radius 1 is 1.12 bits per heavy atom. The van der Waals surface area contributed by atoms with E-state index in [2.05, 4.69) is 5.10 Å². The summed E-state index contributed by atoms with van der Waals surface area (Å²) in [5.41, 5.74) is 2.82. The largest absolute Gasteiger partial charge is 0.292 e. The van der Waals surface area contributed by atoms with Crippen LogP contribution in [-0.2, 0) is 6.42 Å². The lowest BCUT2D eigenvalue weighted by Crippen LogP contribution is -2.14. The quantitative estimate of drug-likeness (QED) is 0.727. The van der Waals surface area contributed by atoms with Crippen LogP contribution in [0.5, 0.6) is 0 Å². The van der Waals surface area contributed by atoms with Crippen molar-refractivity contribution in [3.8, 4) is 5.69 Å². The minimum Gasteiger partial charge on any atom is -0.292 e. The first-order chi connectivity index (χ1) is 7.86. The lowest BCUT2D eigenvalue weighted by atomic mass is 9.97. The molecule has 0 saturated heterocycles. The molecule has 0 radical (unpaired) electrons. The van der Waals surface area contributed by atoms with E-state index >= 15 is 0 Å². The number of para-hydroxylation sites is 1. The molecule has 0 bridgehead atoms. The Morgan fingerprint density at radius 2 is 1.94 bits per heavy atom. The summed E-state index contributed by atoms with van der Waals surface area (Å²) < 4.78 is 1.76. The zero-order valence-corrected chi connectivity index (χ0v) is 8.89. The molecule has 0 amide bonds. The highest BCUT2D eigenvalue weighted by Crippen LogP contribution is 2.23. The van der Waals surface area contributed by atoms with Gasteiger partial charge in [-0.1, -0.05) is 18.2 Å². The van der Waals surface area contributed by atoms with Crippen LogP contribution in [0, 0.1) is 0 Å². The molecule has 1 aliphatic carbocycles. The molecule has 0 spiro atoms. The van der Waals surface area contributed by atoms with Gasteiger partial charge in [-0.05, 0) is 25.0 Å². The molecule has 1 aromatic heterocycles. The monoisotopic (exact) mass is 212 g/mol. The van der Waals surface area contributed by atoms with Gasteiger partial charge >= 0.3 is 0 Å². The van der Waals surface area contributed by atoms with E-state index in [1.54, 1.807) is 4.68 Å². The van der Waals surface area contributed by atoms with Crippen LogP contribution < -0.4 is 0 Å². The summed E-state index contributed by atoms with van der Waals surface area (Å²) in [6.07, 6.45) is 4.38. The fraction of sp³-hybridized carbons (Fsp3) is 0.231. The second kappa shape index (κ2) is 3.59. The first-order valence-electron chi connectivity index (χ1n) is 5.52. The summed E-state index contributed by atoms with van der Waals surface area (Å²) in [5, 5.41) is 4.31. The minimum absolute atomic E-state index is 0.211. The van der Waals surface area contributed by atoms with Gasteiger partial charge in [-0.2, -0.15) is 5.10 Å². The molecule has 1 aromatic carbocycles. The number of nitrogens with zero attached hydrogens (tertiary/aromatic N) is 2. The van der Waals surface area contributed by atoms with Gasteiger partial charge in [0, 0.05) is 12.0 Å². The van der Waals surface area contributed by atoms with E-state index in [1.807, 2.05) is 36.5 Å². The number of hydrogen-bond donors (Lipinski definition) is 0. The molecule has 1 heterocycles. The van der Waals surface area contributed by atoms with Crippen LogP contribution in [0.3, 0.4) is 0 Å². The second-order valence-corrected chi connectivity index (χ2v) is 4.04. The van der Waals surface area contributed by atoms with Gasteiger partial charge in [-0.15, -0.1) is 0 Å². The zero-order chi connectivity index (χ0) is 11.0. The van der Waals surface area contributed by atoms with Gasteiger partial charge < -0.3 is 0 Å². The van der Waals surface area contributed by atoms with Crippen molar-refractivity contribution >= 4 is 5.78 Å². The number of ketones is 1. The standard InChI is InChI=1S/C13H12N2O/c16-12-8-4-5-10-9-14-15(13(10)12)11-6-2-1-3-7-11/h1-3,6-7,9H,4-5,8H2. The minimum atomic E-state index is 0.211. The van der Waals surface area contributed by atoms with Crippen LogP contribution in [0.25, 0.3) is 5.69 Å². The summed E-state index contributed by atoms with van der Waals surface area (Å²) in [4.78, 5) is 11.9. The van der Waals surface area contributed by atoms with Gasteiger partial charge in [0.1, 0.15) is 5.69 Å². The van der Waals surface area contributed by atoms with E-state index in [-0.39, 0.29) is 5.78 Å². The summed E-state index contributed by atoms with van der Waals surface area (Å²) in [5.74, 6) is 0.211. The topological polar surface area (TPSA) is 34.9 Å². The molecule has 1 aliphatic rings. The van der Waals surface area contributed by atoms with Crippen LogP contribution in [-0.4, -0.2) is 15.6 Å². The summed E-state index contributed by atoms with van der Waals surface area (Å²) in [6, 6.07) is 9.80. The highest BCUT2D eigenvalue weighted by Gasteiger charge is 2.22. The van der Waals surface area contributed by atoms with E-state index in [4.69, 9.17) is 0 Å². The summed E-state index contributed by atoms with van der Waals surface area (Å²) in [7, 11) is 0. The maximum atomic E-state index is 11.9. The molecule has 3 heteroatoms. The Hall–Kier alpha value is -1.90. The molecule has 0 saturated carbocycles. The van der Waals surface area contributed by atoms with Crippen LogP contribution in [0.15, 0.2) is 36.5 Å². The van der Waals surface area contributed by atoms with Crippen molar-refractivity contribution in [2.45, 2.75) is 19.3 Å². The first kappa shape index (κ1) is 9.33. The number of aromatic nitrogens is 2. The SMILES string of the molecule is O=C1CCCc2cnn(-c3ccccc3)c21. The number of benzene rings is 1. The van der Waals surface area contributed by atoms with Crippen molar-refractivity contribution in [1.29, 1.82) is 0 Å². The molecule has 80 valence electrons. The van der Waals surface area contributed by atoms with Crippen molar-refractivity contribution in [2.24, 2.45) is 0 Å². The maximum absolute atomic E-state index is 11.9. The number of carbonyl (C=O) groups excluding carboxylic acids is 1. The van der Waals surface area contributed by atoms with Crippen molar-refractivity contribution in [3.05, 3.63) is 47.8 Å². The Kier molecular flexibility index (Phi) is 2.10. The Labute approximate surface area is 93.7 Å². The van der Waals surface area contributed by atoms with Crippen LogP contribution in [0.1, 0.15) is 28.9 Å². The number of aryl methyl sites for hydroxylation is 1. The van der Waals surface area contributed by atoms with Crippen LogP contribution in [0.2, 0.25) is 0 Å². The fourth-order valence-electron chi connectivity index (χ4n) is 2.19. The van der Waals surface area contributed by atoms with Gasteiger partial charge in [0.15, 0.2) is 5.78 Å². The van der Waals surface area contributed by atoms with Gasteiger partial charge in [0.2, 0.25) is 0 Å². The highest BCUT2D eigenvalue weighted by molar-refractivity contribution is 5.97. The number of hydrogen-bond acceptors (Lipinski definition) is 2. The number of fused-ring (bicyclic) bond motifs is 1.